The van der Waals surface area contributed by atoms with E-state index in [1.165, 1.54) is 43.1 Å². The minimum Gasteiger partial charge on any atom is -0.456 e. The van der Waals surface area contributed by atoms with Gasteiger partial charge in [-0.25, -0.2) is 4.99 Å². The second-order valence-corrected chi connectivity index (χ2v) is 13.2. The van der Waals surface area contributed by atoms with Crippen LogP contribution in [0.4, 0.5) is 0 Å². The Morgan fingerprint density at radius 3 is 1.84 bits per heavy atom. The van der Waals surface area contributed by atoms with Gasteiger partial charge < -0.3 is 14.3 Å². The third-order valence-corrected chi connectivity index (χ3v) is 10.4. The van der Waals surface area contributed by atoms with Gasteiger partial charge in [0.2, 0.25) is 0 Å². The first-order chi connectivity index (χ1) is 24.8. The molecule has 4 nitrogen and oxygen atoms in total. The summed E-state index contributed by atoms with van der Waals surface area (Å²) >= 11 is 0. The van der Waals surface area contributed by atoms with Crippen LogP contribution in [0.25, 0.3) is 82.1 Å². The van der Waals surface area contributed by atoms with Crippen molar-refractivity contribution in [2.24, 2.45) is 4.99 Å². The molecule has 0 bridgehead atoms. The van der Waals surface area contributed by atoms with Crippen LogP contribution in [0.3, 0.4) is 0 Å². The number of nitrogens with one attached hydrogen (secondary N) is 1. The molecule has 1 aliphatic heterocycles. The van der Waals surface area contributed by atoms with Gasteiger partial charge in [0.15, 0.2) is 0 Å². The summed E-state index contributed by atoms with van der Waals surface area (Å²) in [7, 11) is 0. The van der Waals surface area contributed by atoms with E-state index in [9.17, 15) is 0 Å². The van der Waals surface area contributed by atoms with E-state index in [2.05, 4.69) is 168 Å². The van der Waals surface area contributed by atoms with Crippen molar-refractivity contribution in [3.05, 3.63) is 175 Å². The first kappa shape index (κ1) is 27.3. The Morgan fingerprint density at radius 2 is 1.06 bits per heavy atom. The molecule has 0 amide bonds. The monoisotopic (exact) mass is 639 g/mol. The summed E-state index contributed by atoms with van der Waals surface area (Å²) in [6, 6.07) is 56.1. The average Bonchev–Trinajstić information content (AvgIpc) is 3.74. The third kappa shape index (κ3) is 3.96. The molecule has 1 N–H and O–H groups in total. The zero-order valence-corrected chi connectivity index (χ0v) is 27.0. The average molecular weight is 640 g/mol. The Hall–Kier alpha value is -6.65. The van der Waals surface area contributed by atoms with Gasteiger partial charge in [0.05, 0.1) is 11.0 Å². The van der Waals surface area contributed by atoms with E-state index in [-0.39, 0.29) is 6.17 Å². The van der Waals surface area contributed by atoms with Crippen LogP contribution in [0.1, 0.15) is 17.3 Å². The molecule has 0 saturated carbocycles. The van der Waals surface area contributed by atoms with Crippen LogP contribution >= 0.6 is 0 Å². The van der Waals surface area contributed by atoms with Crippen molar-refractivity contribution < 1.29 is 4.42 Å². The largest absolute Gasteiger partial charge is 0.456 e. The van der Waals surface area contributed by atoms with Crippen molar-refractivity contribution in [1.82, 2.24) is 9.88 Å². The van der Waals surface area contributed by atoms with Gasteiger partial charge in [-0.1, -0.05) is 121 Å². The first-order valence-electron chi connectivity index (χ1n) is 17.1. The molecule has 0 fully saturated rings. The number of para-hydroxylation sites is 2. The number of aliphatic imine (C=N–C) groups is 1. The molecule has 50 heavy (non-hydrogen) atoms. The summed E-state index contributed by atoms with van der Waals surface area (Å²) in [4.78, 5) is 5.34. The highest BCUT2D eigenvalue weighted by Gasteiger charge is 2.23. The number of nitrogens with zero attached hydrogens (tertiary/aromatic N) is 2. The predicted molar refractivity (Wildman–Crippen MR) is 208 cm³/mol. The second kappa shape index (κ2) is 10.4. The summed E-state index contributed by atoms with van der Waals surface area (Å²) in [6.45, 7) is 0. The van der Waals surface area contributed by atoms with Crippen LogP contribution in [-0.4, -0.2) is 10.4 Å². The zero-order chi connectivity index (χ0) is 32.8. The Balaban J connectivity index is 1.10. The molecule has 0 saturated heterocycles. The minimum atomic E-state index is -0.253. The molecule has 0 aliphatic carbocycles. The number of hydrogen-bond donors (Lipinski definition) is 1. The number of hydrogen-bond acceptors (Lipinski definition) is 3. The maximum absolute atomic E-state index is 6.54. The van der Waals surface area contributed by atoms with E-state index in [4.69, 9.17) is 9.41 Å². The van der Waals surface area contributed by atoms with E-state index in [1.54, 1.807) is 0 Å². The standard InChI is InChI=1S/C46H29N3O/c1-2-12-28(13-3-1)46-47-38(27-43(48-46)49-39-21-8-6-18-34(39)35-19-7-9-22-40(35)49)30-15-10-14-29(24-30)31-25-37-33-17-5-4-16-32(33)36-20-11-23-41-44(36)45(37)42(26-31)50-41/h1-27,43H,(H,47,48). The quantitative estimate of drug-likeness (QED) is 0.195. The molecule has 1 unspecified atom stereocenters. The molecule has 3 heterocycles. The molecular weight excluding hydrogens is 611 g/mol. The Labute approximate surface area is 287 Å². The maximum atomic E-state index is 6.54. The summed E-state index contributed by atoms with van der Waals surface area (Å²) in [5, 5.41) is 13.5. The fourth-order valence-corrected chi connectivity index (χ4v) is 8.17. The van der Waals surface area contributed by atoms with Crippen molar-refractivity contribution in [3.63, 3.8) is 0 Å². The number of furan rings is 1. The lowest BCUT2D eigenvalue weighted by atomic mass is 9.91. The van der Waals surface area contributed by atoms with Gasteiger partial charge in [-0.05, 0) is 80.7 Å². The topological polar surface area (TPSA) is 42.5 Å². The summed E-state index contributed by atoms with van der Waals surface area (Å²) < 4.78 is 8.91. The van der Waals surface area contributed by atoms with Crippen LogP contribution < -0.4 is 5.32 Å². The van der Waals surface area contributed by atoms with Crippen molar-refractivity contribution in [2.75, 3.05) is 0 Å². The van der Waals surface area contributed by atoms with E-state index < -0.39 is 0 Å². The van der Waals surface area contributed by atoms with Gasteiger partial charge >= 0.3 is 0 Å². The normalized spacial score (nSPS) is 15.0. The third-order valence-electron chi connectivity index (χ3n) is 10.4. The van der Waals surface area contributed by atoms with Gasteiger partial charge in [-0.15, -0.1) is 0 Å². The molecule has 1 atom stereocenters. The fraction of sp³-hybridized carbons (Fsp3) is 0.0217. The maximum Gasteiger partial charge on any atom is 0.149 e. The highest BCUT2D eigenvalue weighted by molar-refractivity contribution is 6.33. The predicted octanol–water partition coefficient (Wildman–Crippen LogP) is 11.7. The summed E-state index contributed by atoms with van der Waals surface area (Å²) in [6.07, 6.45) is 2.01. The van der Waals surface area contributed by atoms with Gasteiger partial charge in [-0.3, -0.25) is 0 Å². The molecule has 0 radical (unpaired) electrons. The number of benzene rings is 8. The molecule has 0 spiro atoms. The SMILES string of the molecule is C1=C(c2cccc(-c3cc4oc5cccc6c7ccccc7c(c3)c4c56)c2)NC(c2ccccc2)=NC1n1c2ccccc2c2ccccc21. The zero-order valence-electron chi connectivity index (χ0n) is 27.0. The van der Waals surface area contributed by atoms with Crippen LogP contribution in [0, 0.1) is 0 Å². The first-order valence-corrected chi connectivity index (χ1v) is 17.1. The molecule has 1 aliphatic rings. The molecular formula is C46H29N3O. The van der Waals surface area contributed by atoms with Crippen LogP contribution in [0.15, 0.2) is 173 Å². The molecule has 234 valence electrons. The van der Waals surface area contributed by atoms with E-state index in [1.807, 2.05) is 6.07 Å². The Kier molecular flexibility index (Phi) is 5.69. The minimum absolute atomic E-state index is 0.253. The molecule has 10 aromatic rings. The van der Waals surface area contributed by atoms with Gasteiger partial charge in [0, 0.05) is 32.8 Å². The van der Waals surface area contributed by atoms with Crippen LogP contribution in [-0.2, 0) is 0 Å². The van der Waals surface area contributed by atoms with Gasteiger partial charge in [0.1, 0.15) is 23.2 Å². The molecule has 8 aromatic carbocycles. The summed E-state index contributed by atoms with van der Waals surface area (Å²) in [5.41, 5.74) is 9.59. The Morgan fingerprint density at radius 1 is 0.460 bits per heavy atom. The molecule has 2 aromatic heterocycles. The smallest absolute Gasteiger partial charge is 0.149 e. The molecule has 4 heteroatoms. The number of fused-ring (bicyclic) bond motifs is 6. The number of rotatable bonds is 4. The second-order valence-electron chi connectivity index (χ2n) is 13.2. The van der Waals surface area contributed by atoms with Crippen molar-refractivity contribution in [2.45, 2.75) is 6.17 Å². The van der Waals surface area contributed by atoms with Crippen LogP contribution in [0.5, 0.6) is 0 Å². The van der Waals surface area contributed by atoms with Gasteiger partial charge in [-0.2, -0.15) is 0 Å². The van der Waals surface area contributed by atoms with Crippen molar-refractivity contribution in [3.8, 4) is 11.1 Å². The molecule has 11 rings (SSSR count). The van der Waals surface area contributed by atoms with Crippen molar-refractivity contribution >= 4 is 76.8 Å². The lowest BCUT2D eigenvalue weighted by molar-refractivity contribution is 0.668. The van der Waals surface area contributed by atoms with E-state index in [0.717, 1.165) is 56.0 Å². The van der Waals surface area contributed by atoms with Gasteiger partial charge in [0.25, 0.3) is 0 Å². The number of aromatic nitrogens is 1. The lowest BCUT2D eigenvalue weighted by Gasteiger charge is -2.25. The summed E-state index contributed by atoms with van der Waals surface area (Å²) in [5.74, 6) is 0.848. The van der Waals surface area contributed by atoms with Crippen molar-refractivity contribution in [1.29, 1.82) is 0 Å². The van der Waals surface area contributed by atoms with E-state index >= 15 is 0 Å². The highest BCUT2D eigenvalue weighted by Crippen LogP contribution is 2.44. The number of amidine groups is 1. The van der Waals surface area contributed by atoms with Crippen LogP contribution in [0.2, 0.25) is 0 Å². The highest BCUT2D eigenvalue weighted by atomic mass is 16.3. The van der Waals surface area contributed by atoms with E-state index in [0.29, 0.717) is 0 Å². The fourth-order valence-electron chi connectivity index (χ4n) is 8.17. The lowest BCUT2D eigenvalue weighted by Crippen LogP contribution is -2.29. The Bertz CT molecular complexity index is 2960.